The lowest BCUT2D eigenvalue weighted by molar-refractivity contribution is -0.130. The molecule has 0 aliphatic carbocycles. The lowest BCUT2D eigenvalue weighted by Gasteiger charge is -2.37. The lowest BCUT2D eigenvalue weighted by atomic mass is 10.1. The highest BCUT2D eigenvalue weighted by atomic mass is 16.5. The first-order valence-electron chi connectivity index (χ1n) is 11.8. The maximum Gasteiger partial charge on any atom is 0.257 e. The SMILES string of the molecule is COc1ccc(C(=O)NCC(=O)N2CCN(c3ccccc3C(=O)Nc3ccncc3)CC2)cc1OC. The number of anilines is 2. The summed E-state index contributed by atoms with van der Waals surface area (Å²) in [6.07, 6.45) is 3.24. The minimum Gasteiger partial charge on any atom is -0.493 e. The average Bonchev–Trinajstić information content (AvgIpc) is 2.95. The molecule has 10 nitrogen and oxygen atoms in total. The van der Waals surface area contributed by atoms with Crippen LogP contribution in [-0.4, -0.2) is 74.5 Å². The van der Waals surface area contributed by atoms with Gasteiger partial charge in [0.15, 0.2) is 11.5 Å². The zero-order chi connectivity index (χ0) is 26.2. The minimum absolute atomic E-state index is 0.113. The van der Waals surface area contributed by atoms with Crippen molar-refractivity contribution in [1.82, 2.24) is 15.2 Å². The van der Waals surface area contributed by atoms with E-state index in [1.807, 2.05) is 18.2 Å². The second-order valence-electron chi connectivity index (χ2n) is 8.33. The van der Waals surface area contributed by atoms with Crippen molar-refractivity contribution in [3.05, 3.63) is 78.1 Å². The van der Waals surface area contributed by atoms with Gasteiger partial charge in [-0.25, -0.2) is 0 Å². The van der Waals surface area contributed by atoms with Crippen molar-refractivity contribution < 1.29 is 23.9 Å². The fourth-order valence-corrected chi connectivity index (χ4v) is 4.12. The number of hydrogen-bond donors (Lipinski definition) is 2. The van der Waals surface area contributed by atoms with E-state index < -0.39 is 0 Å². The Morgan fingerprint density at radius 2 is 1.57 bits per heavy atom. The number of hydrogen-bond acceptors (Lipinski definition) is 7. The van der Waals surface area contributed by atoms with Crippen molar-refractivity contribution in [1.29, 1.82) is 0 Å². The van der Waals surface area contributed by atoms with Crippen LogP contribution >= 0.6 is 0 Å². The summed E-state index contributed by atoms with van der Waals surface area (Å²) in [6, 6.07) is 15.7. The van der Waals surface area contributed by atoms with Crippen molar-refractivity contribution in [3.8, 4) is 11.5 Å². The molecule has 2 aromatic carbocycles. The van der Waals surface area contributed by atoms with Gasteiger partial charge in [-0.1, -0.05) is 12.1 Å². The van der Waals surface area contributed by atoms with Crippen LogP contribution < -0.4 is 25.0 Å². The Hall–Kier alpha value is -4.60. The van der Waals surface area contributed by atoms with E-state index in [-0.39, 0.29) is 24.3 Å². The summed E-state index contributed by atoms with van der Waals surface area (Å²) < 4.78 is 10.4. The quantitative estimate of drug-likeness (QED) is 0.485. The molecular formula is C27H29N5O5. The molecule has 37 heavy (non-hydrogen) atoms. The van der Waals surface area contributed by atoms with Crippen LogP contribution in [0, 0.1) is 0 Å². The largest absolute Gasteiger partial charge is 0.493 e. The first kappa shape index (κ1) is 25.5. The number of amides is 3. The third kappa shape index (κ3) is 6.16. The van der Waals surface area contributed by atoms with E-state index in [1.54, 1.807) is 53.7 Å². The number of carbonyl (C=O) groups is 3. The van der Waals surface area contributed by atoms with Gasteiger partial charge in [-0.15, -0.1) is 0 Å². The molecule has 2 heterocycles. The van der Waals surface area contributed by atoms with E-state index in [2.05, 4.69) is 20.5 Å². The molecule has 1 fully saturated rings. The molecule has 2 N–H and O–H groups in total. The monoisotopic (exact) mass is 503 g/mol. The molecule has 1 saturated heterocycles. The Morgan fingerprint density at radius 3 is 2.27 bits per heavy atom. The predicted octanol–water partition coefficient (Wildman–Crippen LogP) is 2.43. The van der Waals surface area contributed by atoms with Gasteiger partial charge in [0.2, 0.25) is 5.91 Å². The molecule has 1 aliphatic heterocycles. The van der Waals surface area contributed by atoms with Crippen molar-refractivity contribution >= 4 is 29.1 Å². The second kappa shape index (κ2) is 11.9. The van der Waals surface area contributed by atoms with Gasteiger partial charge in [0.05, 0.1) is 26.3 Å². The van der Waals surface area contributed by atoms with Crippen LogP contribution in [0.5, 0.6) is 11.5 Å². The second-order valence-corrected chi connectivity index (χ2v) is 8.33. The summed E-state index contributed by atoms with van der Waals surface area (Å²) in [7, 11) is 3.01. The summed E-state index contributed by atoms with van der Waals surface area (Å²) in [5.74, 6) is 0.203. The molecule has 4 rings (SSSR count). The van der Waals surface area contributed by atoms with Crippen LogP contribution in [0.25, 0.3) is 0 Å². The van der Waals surface area contributed by atoms with Crippen LogP contribution in [0.3, 0.4) is 0 Å². The molecule has 3 aromatic rings. The number of nitrogens with one attached hydrogen (secondary N) is 2. The summed E-state index contributed by atoms with van der Waals surface area (Å²) in [4.78, 5) is 46.0. The third-order valence-electron chi connectivity index (χ3n) is 6.11. The molecule has 0 bridgehead atoms. The molecule has 1 aliphatic rings. The number of pyridine rings is 1. The Morgan fingerprint density at radius 1 is 0.865 bits per heavy atom. The topological polar surface area (TPSA) is 113 Å². The van der Waals surface area contributed by atoms with Crippen molar-refractivity contribution in [3.63, 3.8) is 0 Å². The van der Waals surface area contributed by atoms with Crippen molar-refractivity contribution in [2.45, 2.75) is 0 Å². The number of para-hydroxylation sites is 1. The Kier molecular flexibility index (Phi) is 8.19. The number of ether oxygens (including phenoxy) is 2. The smallest absolute Gasteiger partial charge is 0.257 e. The van der Waals surface area contributed by atoms with Crippen LogP contribution in [0.4, 0.5) is 11.4 Å². The van der Waals surface area contributed by atoms with E-state index in [0.717, 1.165) is 5.69 Å². The molecule has 0 unspecified atom stereocenters. The first-order chi connectivity index (χ1) is 18.0. The maximum atomic E-state index is 12.9. The van der Waals surface area contributed by atoms with E-state index >= 15 is 0 Å². The lowest BCUT2D eigenvalue weighted by Crippen LogP contribution is -2.51. The number of rotatable bonds is 8. The number of methoxy groups -OCH3 is 2. The zero-order valence-electron chi connectivity index (χ0n) is 20.8. The van der Waals surface area contributed by atoms with E-state index in [4.69, 9.17) is 9.47 Å². The standard InChI is InChI=1S/C27H29N5O5/c1-36-23-8-7-19(17-24(23)37-2)26(34)29-18-25(33)32-15-13-31(14-16-32)22-6-4-3-5-21(22)27(35)30-20-9-11-28-12-10-20/h3-12,17H,13-16,18H2,1-2H3,(H,29,34)(H,28,30,35). The van der Waals surface area contributed by atoms with Crippen molar-refractivity contribution in [2.24, 2.45) is 0 Å². The molecule has 0 spiro atoms. The number of piperazine rings is 1. The highest BCUT2D eigenvalue weighted by Gasteiger charge is 2.24. The minimum atomic E-state index is -0.373. The maximum absolute atomic E-state index is 12.9. The molecule has 1 aromatic heterocycles. The first-order valence-corrected chi connectivity index (χ1v) is 11.8. The third-order valence-corrected chi connectivity index (χ3v) is 6.11. The summed E-state index contributed by atoms with van der Waals surface area (Å²) in [6.45, 7) is 1.97. The highest BCUT2D eigenvalue weighted by Crippen LogP contribution is 2.27. The zero-order valence-corrected chi connectivity index (χ0v) is 20.8. The highest BCUT2D eigenvalue weighted by molar-refractivity contribution is 6.08. The molecule has 0 radical (unpaired) electrons. The molecule has 10 heteroatoms. The number of carbonyl (C=O) groups excluding carboxylic acids is 3. The number of benzene rings is 2. The van der Waals surface area contributed by atoms with Crippen LogP contribution in [0.1, 0.15) is 20.7 Å². The summed E-state index contributed by atoms with van der Waals surface area (Å²) >= 11 is 0. The predicted molar refractivity (Wildman–Crippen MR) is 139 cm³/mol. The van der Waals surface area contributed by atoms with E-state index in [0.29, 0.717) is 54.5 Å². The van der Waals surface area contributed by atoms with Gasteiger partial charge >= 0.3 is 0 Å². The van der Waals surface area contributed by atoms with E-state index in [1.165, 1.54) is 14.2 Å². The van der Waals surface area contributed by atoms with Gasteiger partial charge in [-0.3, -0.25) is 19.4 Å². The molecule has 3 amide bonds. The molecule has 192 valence electrons. The Bertz CT molecular complexity index is 1260. The van der Waals surface area contributed by atoms with Gasteiger partial charge in [-0.05, 0) is 42.5 Å². The summed E-state index contributed by atoms with van der Waals surface area (Å²) in [5.41, 5.74) is 2.40. The van der Waals surface area contributed by atoms with Crippen LogP contribution in [0.15, 0.2) is 67.0 Å². The number of nitrogens with zero attached hydrogens (tertiary/aromatic N) is 3. The van der Waals surface area contributed by atoms with Gasteiger partial charge < -0.3 is 29.9 Å². The van der Waals surface area contributed by atoms with Gasteiger partial charge in [-0.2, -0.15) is 0 Å². The Balaban J connectivity index is 1.32. The molecule has 0 atom stereocenters. The normalized spacial score (nSPS) is 13.0. The molecule has 0 saturated carbocycles. The van der Waals surface area contributed by atoms with E-state index in [9.17, 15) is 14.4 Å². The Labute approximate surface area is 215 Å². The summed E-state index contributed by atoms with van der Waals surface area (Å²) in [5, 5.41) is 5.57. The van der Waals surface area contributed by atoms with Gasteiger partial charge in [0.25, 0.3) is 11.8 Å². The fourth-order valence-electron chi connectivity index (χ4n) is 4.12. The van der Waals surface area contributed by atoms with Crippen LogP contribution in [-0.2, 0) is 4.79 Å². The van der Waals surface area contributed by atoms with Crippen molar-refractivity contribution in [2.75, 3.05) is 57.2 Å². The average molecular weight is 504 g/mol. The fraction of sp³-hybridized carbons (Fsp3) is 0.259. The van der Waals surface area contributed by atoms with Crippen LogP contribution in [0.2, 0.25) is 0 Å². The van der Waals surface area contributed by atoms with Gasteiger partial charge in [0.1, 0.15) is 0 Å². The van der Waals surface area contributed by atoms with Gasteiger partial charge in [0, 0.05) is 55.5 Å². The number of aromatic nitrogens is 1. The molecular weight excluding hydrogens is 474 g/mol.